The third-order valence-electron chi connectivity index (χ3n) is 5.02. The van der Waals surface area contributed by atoms with Gasteiger partial charge in [-0.25, -0.2) is 13.8 Å². The molecule has 4 rings (SSSR count). The van der Waals surface area contributed by atoms with E-state index in [2.05, 4.69) is 9.97 Å². The zero-order valence-electron chi connectivity index (χ0n) is 17.0. The third kappa shape index (κ3) is 4.83. The zero-order chi connectivity index (χ0) is 25.7. The molecule has 0 radical (unpaired) electrons. The number of fused-ring (bicyclic) bond motifs is 1. The van der Waals surface area contributed by atoms with Gasteiger partial charge in [0.15, 0.2) is 11.6 Å². The quantitative estimate of drug-likeness (QED) is 0.291. The lowest BCUT2D eigenvalue weighted by Gasteiger charge is -2.16. The van der Waals surface area contributed by atoms with Gasteiger partial charge in [-0.1, -0.05) is 23.7 Å². The predicted molar refractivity (Wildman–Crippen MR) is 110 cm³/mol. The normalized spacial score (nSPS) is 12.4. The maximum Gasteiger partial charge on any atom is 0.417 e. The molecule has 0 aliphatic rings. The number of pyridine rings is 1. The van der Waals surface area contributed by atoms with E-state index in [0.717, 1.165) is 28.8 Å². The van der Waals surface area contributed by atoms with Gasteiger partial charge in [0.25, 0.3) is 5.56 Å². The van der Waals surface area contributed by atoms with Crippen LogP contribution in [0.1, 0.15) is 16.8 Å². The van der Waals surface area contributed by atoms with Crippen molar-refractivity contribution in [2.45, 2.75) is 18.9 Å². The maximum atomic E-state index is 13.8. The Hall–Kier alpha value is -3.54. The Morgan fingerprint density at radius 1 is 0.857 bits per heavy atom. The minimum absolute atomic E-state index is 0.00947. The predicted octanol–water partition coefficient (Wildman–Crippen LogP) is 6.48. The summed E-state index contributed by atoms with van der Waals surface area (Å²) in [5.74, 6) is -2.93. The van der Waals surface area contributed by atoms with Gasteiger partial charge in [-0.15, -0.1) is 0 Å². The van der Waals surface area contributed by atoms with Crippen LogP contribution in [0.25, 0.3) is 22.3 Å². The first-order chi connectivity index (χ1) is 16.3. The number of aromatic nitrogens is 3. The van der Waals surface area contributed by atoms with Crippen LogP contribution >= 0.6 is 11.6 Å². The Labute approximate surface area is 195 Å². The average Bonchev–Trinajstić information content (AvgIpc) is 2.77. The van der Waals surface area contributed by atoms with Gasteiger partial charge >= 0.3 is 12.4 Å². The number of alkyl halides is 6. The summed E-state index contributed by atoms with van der Waals surface area (Å²) in [7, 11) is 0. The monoisotopic (exact) mass is 519 g/mol. The largest absolute Gasteiger partial charge is 0.417 e. The molecule has 0 bridgehead atoms. The van der Waals surface area contributed by atoms with Crippen molar-refractivity contribution in [1.82, 2.24) is 14.5 Å². The van der Waals surface area contributed by atoms with Crippen molar-refractivity contribution in [3.05, 3.63) is 92.5 Å². The second-order valence-electron chi connectivity index (χ2n) is 7.34. The lowest BCUT2D eigenvalue weighted by molar-refractivity contribution is -0.138. The summed E-state index contributed by atoms with van der Waals surface area (Å²) in [6, 6.07) is 5.30. The van der Waals surface area contributed by atoms with Gasteiger partial charge in [0.1, 0.15) is 5.82 Å². The molecule has 2 aromatic carbocycles. The molecule has 4 nitrogen and oxygen atoms in total. The lowest BCUT2D eigenvalue weighted by Crippen LogP contribution is -2.25. The number of hydrogen-bond donors (Lipinski definition) is 0. The molecule has 0 saturated heterocycles. The number of benzene rings is 2. The molecule has 2 aromatic heterocycles. The van der Waals surface area contributed by atoms with E-state index in [1.165, 1.54) is 0 Å². The summed E-state index contributed by atoms with van der Waals surface area (Å²) in [4.78, 5) is 20.9. The minimum Gasteiger partial charge on any atom is -0.286 e. The fourth-order valence-electron chi connectivity index (χ4n) is 3.28. The molecule has 0 atom stereocenters. The summed E-state index contributed by atoms with van der Waals surface area (Å²) < 4.78 is 106. The van der Waals surface area contributed by atoms with Gasteiger partial charge in [-0.3, -0.25) is 14.3 Å². The van der Waals surface area contributed by atoms with Crippen molar-refractivity contribution in [2.24, 2.45) is 0 Å². The van der Waals surface area contributed by atoms with E-state index in [4.69, 9.17) is 11.6 Å². The van der Waals surface area contributed by atoms with E-state index in [9.17, 15) is 39.9 Å². The van der Waals surface area contributed by atoms with Crippen molar-refractivity contribution < 1.29 is 35.1 Å². The summed E-state index contributed by atoms with van der Waals surface area (Å²) in [6.45, 7) is -0.561. The first-order valence-corrected chi connectivity index (χ1v) is 9.92. The summed E-state index contributed by atoms with van der Waals surface area (Å²) >= 11 is 5.94. The van der Waals surface area contributed by atoms with Gasteiger partial charge in [-0.05, 0) is 24.3 Å². The molecule has 35 heavy (non-hydrogen) atoms. The van der Waals surface area contributed by atoms with Crippen LogP contribution in [-0.2, 0) is 18.9 Å². The Morgan fingerprint density at radius 3 is 2.03 bits per heavy atom. The van der Waals surface area contributed by atoms with Gasteiger partial charge in [0.05, 0.1) is 39.3 Å². The highest BCUT2D eigenvalue weighted by molar-refractivity contribution is 6.31. The van der Waals surface area contributed by atoms with E-state index in [1.54, 1.807) is 0 Å². The lowest BCUT2D eigenvalue weighted by atomic mass is 10.1. The molecule has 0 amide bonds. The highest BCUT2D eigenvalue weighted by Gasteiger charge is 2.32. The molecule has 4 aromatic rings. The molecule has 182 valence electrons. The van der Waals surface area contributed by atoms with Crippen LogP contribution in [0.15, 0.2) is 53.5 Å². The summed E-state index contributed by atoms with van der Waals surface area (Å²) in [5, 5.41) is -0.821. The van der Waals surface area contributed by atoms with E-state index >= 15 is 0 Å². The average molecular weight is 520 g/mol. The highest BCUT2D eigenvalue weighted by Crippen LogP contribution is 2.33. The van der Waals surface area contributed by atoms with Crippen LogP contribution < -0.4 is 5.56 Å². The molecule has 0 aliphatic carbocycles. The molecule has 13 heteroatoms. The first-order valence-electron chi connectivity index (χ1n) is 9.54. The Balaban J connectivity index is 1.92. The van der Waals surface area contributed by atoms with E-state index in [1.807, 2.05) is 0 Å². The summed E-state index contributed by atoms with van der Waals surface area (Å²) in [5.41, 5.74) is -3.57. The van der Waals surface area contributed by atoms with E-state index in [0.29, 0.717) is 24.4 Å². The molecule has 0 fully saturated rings. The third-order valence-corrected chi connectivity index (χ3v) is 5.35. The standard InChI is InChI=1S/C22H10ClF8N3O/c23-14-5-12(22(29,30)31)8-32-18(14)9-34-19(10-1-3-11(4-2-10)21(26,27)28)33-17-7-16(25)15(24)6-13(17)20(34)35/h1-8H,9H2. The van der Waals surface area contributed by atoms with Crippen LogP contribution in [0.4, 0.5) is 35.1 Å². The molecule has 0 saturated carbocycles. The molecule has 0 unspecified atom stereocenters. The Bertz CT molecular complexity index is 1490. The topological polar surface area (TPSA) is 47.8 Å². The van der Waals surface area contributed by atoms with E-state index < -0.39 is 52.2 Å². The first kappa shape index (κ1) is 24.6. The SMILES string of the molecule is O=c1c2cc(F)c(F)cc2nc(-c2ccc(C(F)(F)F)cc2)n1Cc1ncc(C(F)(F)F)cc1Cl. The minimum atomic E-state index is -4.73. The second kappa shape index (κ2) is 8.59. The Morgan fingerprint density at radius 2 is 1.46 bits per heavy atom. The van der Waals surface area contributed by atoms with Crippen LogP contribution in [0.5, 0.6) is 0 Å². The van der Waals surface area contributed by atoms with E-state index in [-0.39, 0.29) is 28.0 Å². The smallest absolute Gasteiger partial charge is 0.286 e. The van der Waals surface area contributed by atoms with Crippen LogP contribution in [0, 0.1) is 11.6 Å². The molecular formula is C22H10ClF8N3O. The molecular weight excluding hydrogens is 510 g/mol. The number of nitrogens with zero attached hydrogens (tertiary/aromatic N) is 3. The zero-order valence-corrected chi connectivity index (χ0v) is 17.7. The number of hydrogen-bond acceptors (Lipinski definition) is 3. The van der Waals surface area contributed by atoms with Gasteiger partial charge in [0, 0.05) is 17.8 Å². The maximum absolute atomic E-state index is 13.8. The fraction of sp³-hybridized carbons (Fsp3) is 0.136. The van der Waals surface area contributed by atoms with Crippen molar-refractivity contribution >= 4 is 22.5 Å². The van der Waals surface area contributed by atoms with Crippen LogP contribution in [-0.4, -0.2) is 14.5 Å². The number of halogens is 9. The van der Waals surface area contributed by atoms with Crippen LogP contribution in [0.2, 0.25) is 5.02 Å². The highest BCUT2D eigenvalue weighted by atomic mass is 35.5. The van der Waals surface area contributed by atoms with Gasteiger partial charge in [-0.2, -0.15) is 26.3 Å². The van der Waals surface area contributed by atoms with Crippen molar-refractivity contribution in [3.63, 3.8) is 0 Å². The fourth-order valence-corrected chi connectivity index (χ4v) is 3.50. The van der Waals surface area contributed by atoms with Crippen molar-refractivity contribution in [1.29, 1.82) is 0 Å². The van der Waals surface area contributed by atoms with Gasteiger partial charge < -0.3 is 0 Å². The van der Waals surface area contributed by atoms with Crippen molar-refractivity contribution in [3.8, 4) is 11.4 Å². The molecule has 2 heterocycles. The Kier molecular flexibility index (Phi) is 6.04. The summed E-state index contributed by atoms with van der Waals surface area (Å²) in [6.07, 6.45) is -8.88. The van der Waals surface area contributed by atoms with Crippen LogP contribution in [0.3, 0.4) is 0 Å². The molecule has 0 N–H and O–H groups in total. The molecule has 0 aliphatic heterocycles. The molecule has 0 spiro atoms. The van der Waals surface area contributed by atoms with Crippen molar-refractivity contribution in [2.75, 3.05) is 0 Å². The number of rotatable bonds is 3. The van der Waals surface area contributed by atoms with Gasteiger partial charge in [0.2, 0.25) is 0 Å². The second-order valence-corrected chi connectivity index (χ2v) is 7.74.